The molecule has 0 atom stereocenters. The number of halogens is 1. The van der Waals surface area contributed by atoms with Gasteiger partial charge in [-0.05, 0) is 32.0 Å². The lowest BCUT2D eigenvalue weighted by atomic mass is 10.1. The van der Waals surface area contributed by atoms with E-state index >= 15 is 0 Å². The summed E-state index contributed by atoms with van der Waals surface area (Å²) >= 11 is 5.96. The zero-order chi connectivity index (χ0) is 12.3. The molecule has 90 valence electrons. The zero-order valence-corrected chi connectivity index (χ0v) is 10.6. The predicted molar refractivity (Wildman–Crippen MR) is 67.3 cm³/mol. The molecule has 0 radical (unpaired) electrons. The maximum atomic E-state index is 9.05. The van der Waals surface area contributed by atoms with Crippen LogP contribution in [0.2, 0.25) is 5.02 Å². The smallest absolute Gasteiger partial charge is 0.139 e. The van der Waals surface area contributed by atoms with Gasteiger partial charge in [-0.1, -0.05) is 17.7 Å². The highest BCUT2D eigenvalue weighted by molar-refractivity contribution is 6.31. The van der Waals surface area contributed by atoms with Crippen LogP contribution >= 0.6 is 11.6 Å². The van der Waals surface area contributed by atoms with Crippen LogP contribution in [-0.2, 0) is 0 Å². The Morgan fingerprint density at radius 1 is 1.41 bits per heavy atom. The van der Waals surface area contributed by atoms with Crippen molar-refractivity contribution < 1.29 is 4.74 Å². The maximum absolute atomic E-state index is 9.05. The van der Waals surface area contributed by atoms with E-state index < -0.39 is 0 Å². The van der Waals surface area contributed by atoms with Crippen molar-refractivity contribution in [2.24, 2.45) is 0 Å². The van der Waals surface area contributed by atoms with Gasteiger partial charge < -0.3 is 9.64 Å². The Bertz CT molecular complexity index is 434. The van der Waals surface area contributed by atoms with Crippen LogP contribution in [0, 0.1) is 11.3 Å². The fourth-order valence-corrected chi connectivity index (χ4v) is 2.20. The Balaban J connectivity index is 2.09. The standard InChI is InChI=1S/C13H15ClN2O/c1-16-7-5-10(6-8-16)17-13-4-2-3-12(14)11(13)9-15/h2-4,10H,5-8H2,1H3. The number of nitriles is 1. The largest absolute Gasteiger partial charge is 0.489 e. The van der Waals surface area contributed by atoms with E-state index in [2.05, 4.69) is 18.0 Å². The maximum Gasteiger partial charge on any atom is 0.139 e. The molecule has 1 saturated heterocycles. The van der Waals surface area contributed by atoms with Crippen LogP contribution in [0.3, 0.4) is 0 Å². The van der Waals surface area contributed by atoms with Crippen LogP contribution in [0.1, 0.15) is 18.4 Å². The molecular weight excluding hydrogens is 236 g/mol. The van der Waals surface area contributed by atoms with Gasteiger partial charge in [0.15, 0.2) is 0 Å². The number of benzene rings is 1. The van der Waals surface area contributed by atoms with Gasteiger partial charge in [0.25, 0.3) is 0 Å². The Morgan fingerprint density at radius 3 is 2.76 bits per heavy atom. The van der Waals surface area contributed by atoms with Crippen LogP contribution in [0.4, 0.5) is 0 Å². The molecule has 0 aromatic heterocycles. The molecule has 3 nitrogen and oxygen atoms in total. The second-order valence-corrected chi connectivity index (χ2v) is 4.75. The Hall–Kier alpha value is -1.24. The number of hydrogen-bond donors (Lipinski definition) is 0. The van der Waals surface area contributed by atoms with Crippen LogP contribution in [0.5, 0.6) is 5.75 Å². The lowest BCUT2D eigenvalue weighted by molar-refractivity contribution is 0.114. The molecule has 1 aliphatic heterocycles. The summed E-state index contributed by atoms with van der Waals surface area (Å²) in [6.07, 6.45) is 2.18. The van der Waals surface area contributed by atoms with Gasteiger partial charge in [0, 0.05) is 13.1 Å². The molecule has 0 bridgehead atoms. The van der Waals surface area contributed by atoms with Crippen molar-refractivity contribution in [2.75, 3.05) is 20.1 Å². The summed E-state index contributed by atoms with van der Waals surface area (Å²) in [7, 11) is 2.11. The van der Waals surface area contributed by atoms with Gasteiger partial charge in [0.2, 0.25) is 0 Å². The van der Waals surface area contributed by atoms with Crippen LogP contribution in [0.25, 0.3) is 0 Å². The van der Waals surface area contributed by atoms with Crippen LogP contribution in [0.15, 0.2) is 18.2 Å². The first kappa shape index (κ1) is 12.2. The average molecular weight is 251 g/mol. The highest BCUT2D eigenvalue weighted by atomic mass is 35.5. The number of likely N-dealkylation sites (tertiary alicyclic amines) is 1. The van der Waals surface area contributed by atoms with Crippen LogP contribution in [-0.4, -0.2) is 31.1 Å². The summed E-state index contributed by atoms with van der Waals surface area (Å²) in [6.45, 7) is 2.07. The van der Waals surface area contributed by atoms with Gasteiger partial charge >= 0.3 is 0 Å². The Labute approximate surface area is 107 Å². The first-order chi connectivity index (χ1) is 8.20. The molecule has 1 aromatic rings. The molecule has 1 heterocycles. The van der Waals surface area contributed by atoms with E-state index in [9.17, 15) is 0 Å². The molecule has 0 amide bonds. The molecular formula is C13H15ClN2O. The molecule has 1 aliphatic rings. The van der Waals surface area contributed by atoms with E-state index in [4.69, 9.17) is 21.6 Å². The number of ether oxygens (including phenoxy) is 1. The molecule has 1 fully saturated rings. The van der Waals surface area contributed by atoms with Crippen molar-refractivity contribution in [3.05, 3.63) is 28.8 Å². The highest BCUT2D eigenvalue weighted by Crippen LogP contribution is 2.27. The van der Waals surface area contributed by atoms with Gasteiger partial charge in [-0.2, -0.15) is 5.26 Å². The van der Waals surface area contributed by atoms with Crippen molar-refractivity contribution in [1.82, 2.24) is 4.90 Å². The Morgan fingerprint density at radius 2 is 2.12 bits per heavy atom. The molecule has 17 heavy (non-hydrogen) atoms. The van der Waals surface area contributed by atoms with Crippen LogP contribution < -0.4 is 4.74 Å². The topological polar surface area (TPSA) is 36.3 Å². The first-order valence-electron chi connectivity index (χ1n) is 5.74. The summed E-state index contributed by atoms with van der Waals surface area (Å²) in [4.78, 5) is 2.28. The summed E-state index contributed by atoms with van der Waals surface area (Å²) < 4.78 is 5.87. The molecule has 0 aliphatic carbocycles. The minimum absolute atomic E-state index is 0.191. The lowest BCUT2D eigenvalue weighted by Gasteiger charge is -2.29. The number of rotatable bonds is 2. The number of piperidine rings is 1. The van der Waals surface area contributed by atoms with Crippen molar-refractivity contribution in [1.29, 1.82) is 5.26 Å². The SMILES string of the molecule is CN1CCC(Oc2cccc(Cl)c2C#N)CC1. The lowest BCUT2D eigenvalue weighted by Crippen LogP contribution is -2.35. The molecule has 0 N–H and O–H groups in total. The molecule has 0 saturated carbocycles. The van der Waals surface area contributed by atoms with E-state index in [0.29, 0.717) is 16.3 Å². The van der Waals surface area contributed by atoms with Gasteiger partial charge in [-0.25, -0.2) is 0 Å². The normalized spacial score (nSPS) is 17.7. The quantitative estimate of drug-likeness (QED) is 0.810. The van der Waals surface area contributed by atoms with Crippen molar-refractivity contribution >= 4 is 11.6 Å². The van der Waals surface area contributed by atoms with E-state index in [1.165, 1.54) is 0 Å². The second kappa shape index (κ2) is 5.39. The molecule has 2 rings (SSSR count). The molecule has 4 heteroatoms. The monoisotopic (exact) mass is 250 g/mol. The minimum Gasteiger partial charge on any atom is -0.489 e. The zero-order valence-electron chi connectivity index (χ0n) is 9.82. The highest BCUT2D eigenvalue weighted by Gasteiger charge is 2.19. The van der Waals surface area contributed by atoms with Gasteiger partial charge in [-0.15, -0.1) is 0 Å². The number of hydrogen-bond acceptors (Lipinski definition) is 3. The predicted octanol–water partition coefficient (Wildman–Crippen LogP) is 2.68. The van der Waals surface area contributed by atoms with Crippen molar-refractivity contribution in [2.45, 2.75) is 18.9 Å². The minimum atomic E-state index is 0.191. The Kier molecular flexibility index (Phi) is 3.88. The summed E-state index contributed by atoms with van der Waals surface area (Å²) in [5.41, 5.74) is 0.438. The second-order valence-electron chi connectivity index (χ2n) is 4.35. The van der Waals surface area contributed by atoms with E-state index in [-0.39, 0.29) is 6.10 Å². The van der Waals surface area contributed by atoms with Gasteiger partial charge in [0.1, 0.15) is 23.5 Å². The number of nitrogens with zero attached hydrogens (tertiary/aromatic N) is 2. The average Bonchev–Trinajstić information content (AvgIpc) is 2.32. The fourth-order valence-electron chi connectivity index (χ4n) is 1.99. The summed E-state index contributed by atoms with van der Waals surface area (Å²) in [5, 5.41) is 9.50. The third-order valence-corrected chi connectivity index (χ3v) is 3.36. The van der Waals surface area contributed by atoms with E-state index in [1.54, 1.807) is 6.07 Å². The first-order valence-corrected chi connectivity index (χ1v) is 6.12. The molecule has 0 unspecified atom stereocenters. The van der Waals surface area contributed by atoms with E-state index in [1.807, 2.05) is 12.1 Å². The molecule has 0 spiro atoms. The third kappa shape index (κ3) is 2.91. The molecule has 1 aromatic carbocycles. The fraction of sp³-hybridized carbons (Fsp3) is 0.462. The summed E-state index contributed by atoms with van der Waals surface area (Å²) in [5.74, 6) is 0.606. The van der Waals surface area contributed by atoms with Crippen molar-refractivity contribution in [3.63, 3.8) is 0 Å². The summed E-state index contributed by atoms with van der Waals surface area (Å²) in [6, 6.07) is 7.43. The van der Waals surface area contributed by atoms with Gasteiger partial charge in [0.05, 0.1) is 5.02 Å². The van der Waals surface area contributed by atoms with Gasteiger partial charge in [-0.3, -0.25) is 0 Å². The third-order valence-electron chi connectivity index (χ3n) is 3.05. The van der Waals surface area contributed by atoms with E-state index in [0.717, 1.165) is 25.9 Å². The van der Waals surface area contributed by atoms with Crippen molar-refractivity contribution in [3.8, 4) is 11.8 Å².